The molecule has 0 radical (unpaired) electrons. The summed E-state index contributed by atoms with van der Waals surface area (Å²) in [6.45, 7) is 8.46. The fraction of sp³-hybridized carbons (Fsp3) is 0.926. The van der Waals surface area contributed by atoms with Crippen molar-refractivity contribution < 1.29 is 14.9 Å². The van der Waals surface area contributed by atoms with Gasteiger partial charge in [-0.2, -0.15) is 0 Å². The minimum atomic E-state index is -0.544. The molecule has 8 atom stereocenters. The fourth-order valence-corrected chi connectivity index (χ4v) is 8.86. The van der Waals surface area contributed by atoms with Crippen LogP contribution in [0.15, 0.2) is 11.6 Å². The Labute approximate surface area is 183 Å². The summed E-state index contributed by atoms with van der Waals surface area (Å²) in [4.78, 5) is 0. The molecule has 0 bridgehead atoms. The third-order valence-electron chi connectivity index (χ3n) is 10.9. The zero-order valence-corrected chi connectivity index (χ0v) is 19.6. The van der Waals surface area contributed by atoms with Crippen molar-refractivity contribution in [2.45, 2.75) is 109 Å². The van der Waals surface area contributed by atoms with Crippen LogP contribution in [0.4, 0.5) is 0 Å². The van der Waals surface area contributed by atoms with E-state index in [0.29, 0.717) is 17.4 Å². The van der Waals surface area contributed by atoms with Crippen LogP contribution in [0.3, 0.4) is 0 Å². The summed E-state index contributed by atoms with van der Waals surface area (Å²) in [7, 11) is 0. The highest BCUT2D eigenvalue weighted by molar-refractivity contribution is 5.26. The van der Waals surface area contributed by atoms with Gasteiger partial charge in [0.1, 0.15) is 0 Å². The zero-order chi connectivity index (χ0) is 21.2. The number of hydrogen-bond donors (Lipinski definition) is 2. The lowest BCUT2D eigenvalue weighted by Crippen LogP contribution is -2.51. The van der Waals surface area contributed by atoms with E-state index in [1.807, 2.05) is 6.92 Å². The van der Waals surface area contributed by atoms with Crippen LogP contribution in [0, 0.1) is 34.5 Å². The van der Waals surface area contributed by atoms with Gasteiger partial charge in [0, 0.05) is 13.0 Å². The quantitative estimate of drug-likeness (QED) is 0.583. The monoisotopic (exact) mass is 416 g/mol. The molecule has 4 aliphatic carbocycles. The maximum atomic E-state index is 10.7. The van der Waals surface area contributed by atoms with Crippen molar-refractivity contribution in [3.8, 4) is 0 Å². The van der Waals surface area contributed by atoms with Gasteiger partial charge in [-0.05, 0) is 106 Å². The number of allylic oxidation sites excluding steroid dienone is 1. The summed E-state index contributed by atoms with van der Waals surface area (Å²) >= 11 is 0. The molecule has 0 aromatic carbocycles. The number of rotatable bonds is 4. The summed E-state index contributed by atoms with van der Waals surface area (Å²) in [6.07, 6.45) is 16.6. The summed E-state index contributed by atoms with van der Waals surface area (Å²) in [6, 6.07) is 0. The molecule has 0 aromatic heterocycles. The fourth-order valence-electron chi connectivity index (χ4n) is 8.86. The van der Waals surface area contributed by atoms with Gasteiger partial charge in [-0.25, -0.2) is 0 Å². The second-order valence-electron chi connectivity index (χ2n) is 12.7. The molecule has 3 nitrogen and oxygen atoms in total. The Morgan fingerprint density at radius 2 is 1.83 bits per heavy atom. The van der Waals surface area contributed by atoms with E-state index in [0.717, 1.165) is 62.4 Å². The lowest BCUT2D eigenvalue weighted by molar-refractivity contribution is -0.0666. The normalized spacial score (nSPS) is 53.0. The Bertz CT molecular complexity index is 690. The third-order valence-corrected chi connectivity index (χ3v) is 10.9. The topological polar surface area (TPSA) is 49.7 Å². The van der Waals surface area contributed by atoms with Crippen molar-refractivity contribution in [1.29, 1.82) is 0 Å². The summed E-state index contributed by atoms with van der Waals surface area (Å²) in [5.41, 5.74) is 1.37. The predicted molar refractivity (Wildman–Crippen MR) is 120 cm³/mol. The lowest BCUT2D eigenvalue weighted by Gasteiger charge is -2.59. The first kappa shape index (κ1) is 21.5. The molecular formula is C27H44O3. The Balaban J connectivity index is 1.27. The molecule has 5 aliphatic rings. The smallest absolute Gasteiger partial charge is 0.0902 e. The van der Waals surface area contributed by atoms with Gasteiger partial charge in [-0.3, -0.25) is 0 Å². The lowest BCUT2D eigenvalue weighted by atomic mass is 9.46. The Hall–Kier alpha value is -0.380. The molecule has 3 saturated carbocycles. The molecule has 2 N–H and O–H groups in total. The van der Waals surface area contributed by atoms with Gasteiger partial charge in [0.15, 0.2) is 0 Å². The molecule has 0 spiro atoms. The van der Waals surface area contributed by atoms with Crippen LogP contribution in [-0.2, 0) is 4.74 Å². The average molecular weight is 417 g/mol. The van der Waals surface area contributed by atoms with Crippen molar-refractivity contribution in [3.05, 3.63) is 11.6 Å². The molecule has 6 unspecified atom stereocenters. The first-order valence-electron chi connectivity index (χ1n) is 12.9. The van der Waals surface area contributed by atoms with Crippen LogP contribution in [0.5, 0.6) is 0 Å². The minimum absolute atomic E-state index is 0.330. The maximum Gasteiger partial charge on any atom is 0.0902 e. The van der Waals surface area contributed by atoms with Crippen LogP contribution in [0.1, 0.15) is 97.8 Å². The molecule has 1 saturated heterocycles. The van der Waals surface area contributed by atoms with Crippen LogP contribution in [0.2, 0.25) is 0 Å². The highest BCUT2D eigenvalue weighted by Crippen LogP contribution is 2.67. The van der Waals surface area contributed by atoms with Crippen LogP contribution >= 0.6 is 0 Å². The van der Waals surface area contributed by atoms with E-state index < -0.39 is 11.2 Å². The Kier molecular flexibility index (Phi) is 5.24. The van der Waals surface area contributed by atoms with Gasteiger partial charge in [-0.15, -0.1) is 0 Å². The van der Waals surface area contributed by atoms with E-state index >= 15 is 0 Å². The molecular weight excluding hydrogens is 372 g/mol. The molecule has 3 heteroatoms. The first-order chi connectivity index (χ1) is 14.2. The largest absolute Gasteiger partial charge is 0.390 e. The maximum absolute atomic E-state index is 10.7. The summed E-state index contributed by atoms with van der Waals surface area (Å²) in [5, 5.41) is 21.3. The van der Waals surface area contributed by atoms with E-state index in [1.54, 1.807) is 5.57 Å². The second-order valence-corrected chi connectivity index (χ2v) is 12.7. The molecule has 4 fully saturated rings. The van der Waals surface area contributed by atoms with Gasteiger partial charge >= 0.3 is 0 Å². The van der Waals surface area contributed by atoms with Crippen LogP contribution < -0.4 is 0 Å². The van der Waals surface area contributed by atoms with Gasteiger partial charge in [0.2, 0.25) is 0 Å². The van der Waals surface area contributed by atoms with Crippen LogP contribution in [-0.4, -0.2) is 34.6 Å². The number of fused-ring (bicyclic) bond motifs is 5. The summed E-state index contributed by atoms with van der Waals surface area (Å²) < 4.78 is 5.44. The third kappa shape index (κ3) is 3.42. The Morgan fingerprint density at radius 1 is 1.00 bits per heavy atom. The molecule has 30 heavy (non-hydrogen) atoms. The number of aliphatic hydroxyl groups is 2. The SMILES string of the molecule is CC12CC[C@](C)(O)CC1=CCC1C2CCC2(C)C1CC[C@@H]2CCCC1(O)CCOC1. The van der Waals surface area contributed by atoms with Gasteiger partial charge in [-0.1, -0.05) is 31.9 Å². The molecule has 1 heterocycles. The average Bonchev–Trinajstić information content (AvgIpc) is 3.26. The number of hydrogen-bond acceptors (Lipinski definition) is 3. The summed E-state index contributed by atoms with van der Waals surface area (Å²) in [5.74, 6) is 3.37. The van der Waals surface area contributed by atoms with Crippen molar-refractivity contribution >= 4 is 0 Å². The zero-order valence-electron chi connectivity index (χ0n) is 19.6. The van der Waals surface area contributed by atoms with E-state index in [9.17, 15) is 10.2 Å². The van der Waals surface area contributed by atoms with E-state index in [-0.39, 0.29) is 0 Å². The molecule has 0 aromatic rings. The van der Waals surface area contributed by atoms with Crippen molar-refractivity contribution in [2.24, 2.45) is 34.5 Å². The van der Waals surface area contributed by atoms with Crippen molar-refractivity contribution in [2.75, 3.05) is 13.2 Å². The van der Waals surface area contributed by atoms with Crippen molar-refractivity contribution in [1.82, 2.24) is 0 Å². The van der Waals surface area contributed by atoms with E-state index in [2.05, 4.69) is 19.9 Å². The molecule has 1 aliphatic heterocycles. The standard InChI is InChI=1S/C27H44O3/c1-24(28)13-14-26(3)20(17-24)6-8-21-22-9-7-19(25(22,2)12-10-23(21)26)5-4-11-27(29)15-16-30-18-27/h6,19,21-23,28-29H,4-5,7-18H2,1-3H3/t19-,21?,22?,23?,24-,25?,26?,27?/m0/s1. The first-order valence-corrected chi connectivity index (χ1v) is 12.9. The highest BCUT2D eigenvalue weighted by Gasteiger charge is 2.58. The van der Waals surface area contributed by atoms with E-state index in [1.165, 1.54) is 44.9 Å². The van der Waals surface area contributed by atoms with Gasteiger partial charge in [0.25, 0.3) is 0 Å². The van der Waals surface area contributed by atoms with Gasteiger partial charge < -0.3 is 14.9 Å². The molecule has 0 amide bonds. The minimum Gasteiger partial charge on any atom is -0.390 e. The van der Waals surface area contributed by atoms with Gasteiger partial charge in [0.05, 0.1) is 17.8 Å². The van der Waals surface area contributed by atoms with Crippen LogP contribution in [0.25, 0.3) is 0 Å². The predicted octanol–water partition coefficient (Wildman–Crippen LogP) is 5.64. The number of ether oxygens (including phenoxy) is 1. The van der Waals surface area contributed by atoms with Crippen molar-refractivity contribution in [3.63, 3.8) is 0 Å². The Morgan fingerprint density at radius 3 is 2.60 bits per heavy atom. The second kappa shape index (κ2) is 7.32. The van der Waals surface area contributed by atoms with E-state index in [4.69, 9.17) is 4.74 Å². The highest BCUT2D eigenvalue weighted by atomic mass is 16.5. The molecule has 170 valence electrons. The molecule has 5 rings (SSSR count).